The average Bonchev–Trinajstić information content (AvgIpc) is 2.21. The van der Waals surface area contributed by atoms with Crippen molar-refractivity contribution in [2.45, 2.75) is 50.8 Å². The van der Waals surface area contributed by atoms with E-state index in [0.717, 1.165) is 12.7 Å². The maximum Gasteiger partial charge on any atom is 0.326 e. The molecule has 0 heterocycles. The number of sulfone groups is 1. The molecule has 0 aromatic carbocycles. The zero-order valence-corrected chi connectivity index (χ0v) is 12.0. The molecule has 6 nitrogen and oxygen atoms in total. The van der Waals surface area contributed by atoms with Crippen molar-refractivity contribution in [3.05, 3.63) is 0 Å². The van der Waals surface area contributed by atoms with E-state index in [9.17, 15) is 18.0 Å². The van der Waals surface area contributed by atoms with E-state index in [-0.39, 0.29) is 6.42 Å². The molecule has 1 atom stereocenters. The van der Waals surface area contributed by atoms with E-state index < -0.39 is 32.5 Å². The molecule has 0 aromatic rings. The molecule has 0 radical (unpaired) electrons. The second-order valence-corrected chi connectivity index (χ2v) is 7.35. The van der Waals surface area contributed by atoms with E-state index in [4.69, 9.17) is 5.11 Å². The number of carbonyl (C=O) groups is 2. The van der Waals surface area contributed by atoms with Crippen molar-refractivity contribution in [2.24, 2.45) is 0 Å². The first-order valence-corrected chi connectivity index (χ1v) is 7.66. The highest BCUT2D eigenvalue weighted by Gasteiger charge is 2.39. The van der Waals surface area contributed by atoms with Gasteiger partial charge in [0.2, 0.25) is 5.91 Å². The third kappa shape index (κ3) is 4.29. The smallest absolute Gasteiger partial charge is 0.326 e. The number of nitrogens with one attached hydrogen (secondary N) is 1. The van der Waals surface area contributed by atoms with Gasteiger partial charge in [0, 0.05) is 6.26 Å². The highest BCUT2D eigenvalue weighted by molar-refractivity contribution is 7.92. The number of hydrogen-bond donors (Lipinski definition) is 2. The van der Waals surface area contributed by atoms with Crippen LogP contribution in [0.3, 0.4) is 0 Å². The molecule has 0 aliphatic rings. The van der Waals surface area contributed by atoms with Gasteiger partial charge in [-0.3, -0.25) is 4.79 Å². The fourth-order valence-corrected chi connectivity index (χ4v) is 1.56. The molecule has 18 heavy (non-hydrogen) atoms. The van der Waals surface area contributed by atoms with Crippen molar-refractivity contribution in [1.82, 2.24) is 5.32 Å². The molecular weight excluding hydrogens is 258 g/mol. The number of unbranched alkanes of at least 4 members (excludes halogenated alkanes) is 1. The number of hydrogen-bond acceptors (Lipinski definition) is 4. The lowest BCUT2D eigenvalue weighted by Gasteiger charge is -2.24. The van der Waals surface area contributed by atoms with E-state index in [1.807, 2.05) is 6.92 Å². The fourth-order valence-electron chi connectivity index (χ4n) is 1.17. The average molecular weight is 279 g/mol. The minimum Gasteiger partial charge on any atom is -0.480 e. The summed E-state index contributed by atoms with van der Waals surface area (Å²) in [6.45, 7) is 4.42. The maximum absolute atomic E-state index is 11.8. The van der Waals surface area contributed by atoms with Gasteiger partial charge in [0.25, 0.3) is 0 Å². The SMILES string of the molecule is CCCCC(NC(=O)C(C)(C)S(C)(=O)=O)C(=O)O. The van der Waals surface area contributed by atoms with Gasteiger partial charge in [-0.1, -0.05) is 19.8 Å². The molecule has 0 saturated heterocycles. The summed E-state index contributed by atoms with van der Waals surface area (Å²) >= 11 is 0. The highest BCUT2D eigenvalue weighted by Crippen LogP contribution is 2.16. The Morgan fingerprint density at radius 2 is 1.83 bits per heavy atom. The fraction of sp³-hybridized carbons (Fsp3) is 0.818. The van der Waals surface area contributed by atoms with Crippen molar-refractivity contribution < 1.29 is 23.1 Å². The Labute approximate surface area is 108 Å². The van der Waals surface area contributed by atoms with Crippen LogP contribution in [0.5, 0.6) is 0 Å². The van der Waals surface area contributed by atoms with Crippen LogP contribution in [-0.2, 0) is 19.4 Å². The van der Waals surface area contributed by atoms with Crippen molar-refractivity contribution in [1.29, 1.82) is 0 Å². The molecule has 1 unspecified atom stereocenters. The first-order chi connectivity index (χ1) is 8.04. The zero-order chi connectivity index (χ0) is 14.6. The quantitative estimate of drug-likeness (QED) is 0.709. The third-order valence-corrected chi connectivity index (χ3v) is 4.96. The minimum absolute atomic E-state index is 0.289. The van der Waals surface area contributed by atoms with E-state index in [1.54, 1.807) is 0 Å². The normalized spacial score (nSPS) is 14.0. The van der Waals surface area contributed by atoms with Crippen LogP contribution in [0.4, 0.5) is 0 Å². The first kappa shape index (κ1) is 16.9. The molecule has 0 fully saturated rings. The van der Waals surface area contributed by atoms with Crippen LogP contribution in [-0.4, -0.2) is 42.4 Å². The Kier molecular flexibility index (Phi) is 5.79. The molecule has 0 spiro atoms. The molecule has 0 aliphatic heterocycles. The molecule has 106 valence electrons. The second kappa shape index (κ2) is 6.17. The summed E-state index contributed by atoms with van der Waals surface area (Å²) < 4.78 is 21.3. The number of carboxylic acids is 1. The van der Waals surface area contributed by atoms with Crippen LogP contribution in [0, 0.1) is 0 Å². The van der Waals surface area contributed by atoms with Gasteiger partial charge in [0.15, 0.2) is 9.84 Å². The Morgan fingerprint density at radius 3 is 2.17 bits per heavy atom. The van der Waals surface area contributed by atoms with Crippen molar-refractivity contribution in [3.63, 3.8) is 0 Å². The summed E-state index contributed by atoms with van der Waals surface area (Å²) in [5, 5.41) is 11.2. The topological polar surface area (TPSA) is 101 Å². The lowest BCUT2D eigenvalue weighted by atomic mass is 10.1. The monoisotopic (exact) mass is 279 g/mol. The Bertz CT molecular complexity index is 413. The first-order valence-electron chi connectivity index (χ1n) is 5.77. The van der Waals surface area contributed by atoms with Crippen molar-refractivity contribution >= 4 is 21.7 Å². The van der Waals surface area contributed by atoms with Crippen LogP contribution < -0.4 is 5.32 Å². The van der Waals surface area contributed by atoms with E-state index in [1.165, 1.54) is 13.8 Å². The molecule has 0 aliphatic carbocycles. The number of aliphatic carboxylic acids is 1. The largest absolute Gasteiger partial charge is 0.480 e. The van der Waals surface area contributed by atoms with Gasteiger partial charge in [-0.2, -0.15) is 0 Å². The molecule has 0 aromatic heterocycles. The molecule has 0 rings (SSSR count). The van der Waals surface area contributed by atoms with Gasteiger partial charge in [-0.05, 0) is 20.3 Å². The third-order valence-electron chi connectivity index (χ3n) is 2.92. The van der Waals surface area contributed by atoms with Crippen LogP contribution in [0.15, 0.2) is 0 Å². The van der Waals surface area contributed by atoms with Gasteiger partial charge < -0.3 is 10.4 Å². The lowest BCUT2D eigenvalue weighted by Crippen LogP contribution is -2.52. The Balaban J connectivity index is 4.86. The number of amides is 1. The van der Waals surface area contributed by atoms with E-state index in [2.05, 4.69) is 5.32 Å². The predicted molar refractivity (Wildman–Crippen MR) is 68.0 cm³/mol. The van der Waals surface area contributed by atoms with E-state index >= 15 is 0 Å². The predicted octanol–water partition coefficient (Wildman–Crippen LogP) is 0.569. The molecule has 0 saturated carbocycles. The molecule has 1 amide bonds. The maximum atomic E-state index is 11.8. The van der Waals surface area contributed by atoms with Crippen LogP contribution in [0.25, 0.3) is 0 Å². The molecular formula is C11H21NO5S. The summed E-state index contributed by atoms with van der Waals surface area (Å²) in [6, 6.07) is -1.04. The summed E-state index contributed by atoms with van der Waals surface area (Å²) in [5.41, 5.74) is 0. The van der Waals surface area contributed by atoms with Gasteiger partial charge in [-0.15, -0.1) is 0 Å². The van der Waals surface area contributed by atoms with Gasteiger partial charge >= 0.3 is 5.97 Å². The molecule has 0 bridgehead atoms. The number of rotatable bonds is 7. The summed E-state index contributed by atoms with van der Waals surface area (Å²) in [5.74, 6) is -1.94. The summed E-state index contributed by atoms with van der Waals surface area (Å²) in [6.07, 6.45) is 2.69. The molecule has 2 N–H and O–H groups in total. The molecule has 7 heteroatoms. The second-order valence-electron chi connectivity index (χ2n) is 4.79. The Morgan fingerprint density at radius 1 is 1.33 bits per heavy atom. The van der Waals surface area contributed by atoms with Gasteiger partial charge in [-0.25, -0.2) is 13.2 Å². The summed E-state index contributed by atoms with van der Waals surface area (Å²) in [7, 11) is -3.60. The number of carboxylic acid groups (broad SMARTS) is 1. The van der Waals surface area contributed by atoms with Gasteiger partial charge in [0.05, 0.1) is 0 Å². The number of carbonyl (C=O) groups excluding carboxylic acids is 1. The van der Waals surface area contributed by atoms with Crippen LogP contribution in [0.1, 0.15) is 40.0 Å². The zero-order valence-electron chi connectivity index (χ0n) is 11.2. The minimum atomic E-state index is -3.60. The van der Waals surface area contributed by atoms with Crippen LogP contribution in [0.2, 0.25) is 0 Å². The lowest BCUT2D eigenvalue weighted by molar-refractivity contribution is -0.142. The van der Waals surface area contributed by atoms with Gasteiger partial charge in [0.1, 0.15) is 10.8 Å². The van der Waals surface area contributed by atoms with Crippen molar-refractivity contribution in [2.75, 3.05) is 6.26 Å². The van der Waals surface area contributed by atoms with Crippen LogP contribution >= 0.6 is 0 Å². The van der Waals surface area contributed by atoms with E-state index in [0.29, 0.717) is 6.42 Å². The Hall–Kier alpha value is -1.11. The van der Waals surface area contributed by atoms with Crippen molar-refractivity contribution in [3.8, 4) is 0 Å². The standard InChI is InChI=1S/C11H21NO5S/c1-5-6-7-8(9(13)14)12-10(15)11(2,3)18(4,16)17/h8H,5-7H2,1-4H3,(H,12,15)(H,13,14). The summed E-state index contributed by atoms with van der Waals surface area (Å²) in [4.78, 5) is 22.8. The highest BCUT2D eigenvalue weighted by atomic mass is 32.2.